The fourth-order valence-electron chi connectivity index (χ4n) is 1.91. The van der Waals surface area contributed by atoms with Crippen LogP contribution in [-0.2, 0) is 13.1 Å². The summed E-state index contributed by atoms with van der Waals surface area (Å²) in [5, 5.41) is 0. The summed E-state index contributed by atoms with van der Waals surface area (Å²) in [6.07, 6.45) is 3.49. The van der Waals surface area contributed by atoms with Crippen LogP contribution >= 0.6 is 0 Å². The predicted octanol–water partition coefficient (Wildman–Crippen LogP) is 0.321. The smallest absolute Gasteiger partial charge is 0.300 e. The summed E-state index contributed by atoms with van der Waals surface area (Å²) in [6.45, 7) is 2.98. The first-order valence-electron chi connectivity index (χ1n) is 6.01. The van der Waals surface area contributed by atoms with E-state index < -0.39 is 0 Å². The van der Waals surface area contributed by atoms with Crippen molar-refractivity contribution < 1.29 is 4.79 Å². The predicted molar refractivity (Wildman–Crippen MR) is 71.6 cm³/mol. The Kier molecular flexibility index (Phi) is 3.82. The molecular weight excluding hydrogens is 244 g/mol. The first-order valence-corrected chi connectivity index (χ1v) is 6.01. The molecule has 0 radical (unpaired) electrons. The highest BCUT2D eigenvalue weighted by atomic mass is 16.2. The molecule has 100 valence electrons. The summed E-state index contributed by atoms with van der Waals surface area (Å²) < 4.78 is 3.22. The van der Waals surface area contributed by atoms with Crippen LogP contribution in [0.15, 0.2) is 41.5 Å². The summed E-state index contributed by atoms with van der Waals surface area (Å²) in [5.74, 6) is 4.75. The quantitative estimate of drug-likeness (QED) is 0.472. The molecule has 1 amide bonds. The minimum Gasteiger partial charge on any atom is -0.300 e. The number of nitrogens with two attached hydrogens (primary N) is 1. The second-order valence-electron chi connectivity index (χ2n) is 4.17. The van der Waals surface area contributed by atoms with Crippen LogP contribution in [0.1, 0.15) is 22.8 Å². The summed E-state index contributed by atoms with van der Waals surface area (Å²) in [7, 11) is 0. The van der Waals surface area contributed by atoms with Crippen LogP contribution in [0, 0.1) is 0 Å². The minimum absolute atomic E-state index is 0.0591. The molecule has 6 nitrogen and oxygen atoms in total. The average Bonchev–Trinajstić information content (AvgIpc) is 2.79. The van der Waals surface area contributed by atoms with Gasteiger partial charge in [-0.15, -0.1) is 0 Å². The van der Waals surface area contributed by atoms with Crippen LogP contribution in [-0.4, -0.2) is 15.0 Å². The van der Waals surface area contributed by atoms with Crippen molar-refractivity contribution in [3.8, 4) is 0 Å². The maximum Gasteiger partial charge on any atom is 0.328 e. The van der Waals surface area contributed by atoms with Crippen molar-refractivity contribution >= 4 is 5.91 Å². The largest absolute Gasteiger partial charge is 0.328 e. The molecule has 0 fully saturated rings. The Morgan fingerprint density at radius 2 is 2.05 bits per heavy atom. The van der Waals surface area contributed by atoms with Crippen molar-refractivity contribution in [1.82, 2.24) is 14.6 Å². The number of carbonyl (C=O) groups is 1. The Bertz CT molecular complexity index is 642. The Balaban J connectivity index is 2.26. The van der Waals surface area contributed by atoms with Crippen LogP contribution in [0.4, 0.5) is 0 Å². The van der Waals surface area contributed by atoms with E-state index in [1.54, 1.807) is 39.7 Å². The number of nitrogens with zero attached hydrogens (tertiary/aromatic N) is 2. The van der Waals surface area contributed by atoms with Crippen LogP contribution in [0.2, 0.25) is 0 Å². The maximum absolute atomic E-state index is 11.9. The number of hydrogen-bond acceptors (Lipinski definition) is 3. The third kappa shape index (κ3) is 2.74. The van der Waals surface area contributed by atoms with Gasteiger partial charge < -0.3 is 0 Å². The van der Waals surface area contributed by atoms with Crippen molar-refractivity contribution in [2.75, 3.05) is 0 Å². The minimum atomic E-state index is -0.347. The molecule has 3 N–H and O–H groups in total. The first kappa shape index (κ1) is 13.1. The molecule has 19 heavy (non-hydrogen) atoms. The van der Waals surface area contributed by atoms with Gasteiger partial charge in [0.25, 0.3) is 5.91 Å². The molecule has 6 heteroatoms. The molecule has 0 aliphatic rings. The van der Waals surface area contributed by atoms with Gasteiger partial charge in [0.05, 0.1) is 6.54 Å². The maximum atomic E-state index is 11.9. The van der Waals surface area contributed by atoms with Crippen LogP contribution in [0.25, 0.3) is 0 Å². The SMILES string of the molecule is CCn1ccn(Cc2cccc(C(=O)NN)c2)c1=O. The number of nitrogen functional groups attached to an aromatic ring is 1. The fraction of sp³-hybridized carbons (Fsp3) is 0.231. The molecule has 1 aromatic carbocycles. The molecule has 2 aromatic rings. The molecular formula is C13H16N4O2. The molecule has 1 aromatic heterocycles. The van der Waals surface area contributed by atoms with Crippen LogP contribution in [0.3, 0.4) is 0 Å². The summed E-state index contributed by atoms with van der Waals surface area (Å²) in [4.78, 5) is 23.3. The number of rotatable bonds is 4. The number of hydrazine groups is 1. The molecule has 0 unspecified atom stereocenters. The highest BCUT2D eigenvalue weighted by Gasteiger charge is 2.06. The van der Waals surface area contributed by atoms with Gasteiger partial charge in [-0.2, -0.15) is 0 Å². The number of aryl methyl sites for hydroxylation is 1. The van der Waals surface area contributed by atoms with Gasteiger partial charge in [0.15, 0.2) is 0 Å². The van der Waals surface area contributed by atoms with Gasteiger partial charge >= 0.3 is 5.69 Å². The molecule has 0 bridgehead atoms. The van der Waals surface area contributed by atoms with Crippen molar-refractivity contribution in [2.24, 2.45) is 5.84 Å². The zero-order chi connectivity index (χ0) is 13.8. The Hall–Kier alpha value is -2.34. The number of carbonyl (C=O) groups excluding carboxylic acids is 1. The highest BCUT2D eigenvalue weighted by Crippen LogP contribution is 2.06. The van der Waals surface area contributed by atoms with Gasteiger partial charge in [-0.1, -0.05) is 12.1 Å². The summed E-state index contributed by atoms with van der Waals surface area (Å²) in [5.41, 5.74) is 3.37. The third-order valence-corrected chi connectivity index (χ3v) is 2.93. The lowest BCUT2D eigenvalue weighted by molar-refractivity contribution is 0.0953. The van der Waals surface area contributed by atoms with E-state index >= 15 is 0 Å². The molecule has 2 rings (SSSR count). The molecule has 0 atom stereocenters. The van der Waals surface area contributed by atoms with E-state index in [1.807, 2.05) is 13.0 Å². The summed E-state index contributed by atoms with van der Waals surface area (Å²) in [6, 6.07) is 7.02. The van der Waals surface area contributed by atoms with Crippen LogP contribution < -0.4 is 17.0 Å². The fourth-order valence-corrected chi connectivity index (χ4v) is 1.91. The second kappa shape index (κ2) is 5.53. The average molecular weight is 260 g/mol. The standard InChI is InChI=1S/C13H16N4O2/c1-2-16-6-7-17(13(16)19)9-10-4-3-5-11(8-10)12(18)15-14/h3-8H,2,9,14H2,1H3,(H,15,18). The van der Waals surface area contributed by atoms with E-state index in [0.717, 1.165) is 5.56 Å². The monoisotopic (exact) mass is 260 g/mol. The number of amides is 1. The van der Waals surface area contributed by atoms with Crippen molar-refractivity contribution in [3.05, 3.63) is 58.3 Å². The number of hydrogen-bond donors (Lipinski definition) is 2. The molecule has 0 saturated heterocycles. The van der Waals surface area contributed by atoms with Gasteiger partial charge in [0.1, 0.15) is 0 Å². The lowest BCUT2D eigenvalue weighted by atomic mass is 10.1. The van der Waals surface area contributed by atoms with Gasteiger partial charge in [0.2, 0.25) is 0 Å². The van der Waals surface area contributed by atoms with Gasteiger partial charge in [-0.25, -0.2) is 10.6 Å². The lowest BCUT2D eigenvalue weighted by Gasteiger charge is -2.05. The zero-order valence-electron chi connectivity index (χ0n) is 10.7. The van der Waals surface area contributed by atoms with Gasteiger partial charge in [0, 0.05) is 24.5 Å². The lowest BCUT2D eigenvalue weighted by Crippen LogP contribution is -2.30. The molecule has 0 aliphatic carbocycles. The zero-order valence-corrected chi connectivity index (χ0v) is 10.7. The van der Waals surface area contributed by atoms with Gasteiger partial charge in [-0.05, 0) is 24.6 Å². The number of benzene rings is 1. The van der Waals surface area contributed by atoms with Crippen molar-refractivity contribution in [3.63, 3.8) is 0 Å². The Morgan fingerprint density at radius 1 is 1.32 bits per heavy atom. The first-order chi connectivity index (χ1) is 9.15. The Labute approximate surface area is 110 Å². The summed E-state index contributed by atoms with van der Waals surface area (Å²) >= 11 is 0. The topological polar surface area (TPSA) is 82.1 Å². The van der Waals surface area contributed by atoms with Crippen molar-refractivity contribution in [2.45, 2.75) is 20.0 Å². The molecule has 0 aliphatic heterocycles. The van der Waals surface area contributed by atoms with E-state index in [1.165, 1.54) is 0 Å². The molecule has 0 spiro atoms. The van der Waals surface area contributed by atoms with Gasteiger partial charge in [-0.3, -0.25) is 19.4 Å². The van der Waals surface area contributed by atoms with Crippen molar-refractivity contribution in [1.29, 1.82) is 0 Å². The van der Waals surface area contributed by atoms with E-state index in [-0.39, 0.29) is 11.6 Å². The third-order valence-electron chi connectivity index (χ3n) is 2.93. The number of imidazole rings is 1. The van der Waals surface area contributed by atoms with E-state index in [2.05, 4.69) is 5.43 Å². The molecule has 1 heterocycles. The van der Waals surface area contributed by atoms with Crippen LogP contribution in [0.5, 0.6) is 0 Å². The highest BCUT2D eigenvalue weighted by molar-refractivity contribution is 5.93. The van der Waals surface area contributed by atoms with E-state index in [4.69, 9.17) is 5.84 Å². The Morgan fingerprint density at radius 3 is 2.68 bits per heavy atom. The second-order valence-corrected chi connectivity index (χ2v) is 4.17. The van der Waals surface area contributed by atoms with E-state index in [9.17, 15) is 9.59 Å². The number of aromatic nitrogens is 2. The molecule has 0 saturated carbocycles. The number of nitrogens with one attached hydrogen (secondary N) is 1. The van der Waals surface area contributed by atoms with E-state index in [0.29, 0.717) is 18.7 Å². The normalized spacial score (nSPS) is 10.4.